The summed E-state index contributed by atoms with van der Waals surface area (Å²) in [6.07, 6.45) is 0.966. The van der Waals surface area contributed by atoms with Crippen LogP contribution in [0.15, 0.2) is 22.7 Å². The lowest BCUT2D eigenvalue weighted by molar-refractivity contribution is 0.0951. The second-order valence-corrected chi connectivity index (χ2v) is 5.95. The fraction of sp³-hybridized carbons (Fsp3) is 0.533. The molecular weight excluding hydrogens is 304 g/mol. The highest BCUT2D eigenvalue weighted by molar-refractivity contribution is 9.10. The van der Waals surface area contributed by atoms with Crippen LogP contribution >= 0.6 is 15.9 Å². The van der Waals surface area contributed by atoms with E-state index in [1.54, 1.807) is 0 Å². The third kappa shape index (κ3) is 4.96. The van der Waals surface area contributed by atoms with Crippen LogP contribution in [0.2, 0.25) is 0 Å². The van der Waals surface area contributed by atoms with Crippen molar-refractivity contribution in [3.63, 3.8) is 0 Å². The highest BCUT2D eigenvalue weighted by Crippen LogP contribution is 2.19. The normalized spacial score (nSPS) is 11.1. The van der Waals surface area contributed by atoms with Gasteiger partial charge in [0.05, 0.1) is 0 Å². The number of benzene rings is 1. The number of nitrogens with one attached hydrogen (secondary N) is 1. The van der Waals surface area contributed by atoms with Gasteiger partial charge < -0.3 is 10.2 Å². The van der Waals surface area contributed by atoms with Crippen molar-refractivity contribution in [1.82, 2.24) is 10.2 Å². The number of hydrogen-bond acceptors (Lipinski definition) is 2. The van der Waals surface area contributed by atoms with Gasteiger partial charge in [-0.2, -0.15) is 0 Å². The minimum absolute atomic E-state index is 0.00556. The van der Waals surface area contributed by atoms with E-state index in [0.717, 1.165) is 28.6 Å². The predicted molar refractivity (Wildman–Crippen MR) is 83.6 cm³/mol. The van der Waals surface area contributed by atoms with Crippen LogP contribution in [0.1, 0.15) is 36.2 Å². The molecule has 0 atom stereocenters. The van der Waals surface area contributed by atoms with Crippen LogP contribution in [0.5, 0.6) is 0 Å². The summed E-state index contributed by atoms with van der Waals surface area (Å²) in [4.78, 5) is 14.3. The third-order valence-electron chi connectivity index (χ3n) is 3.37. The van der Waals surface area contributed by atoms with E-state index in [1.165, 1.54) is 0 Å². The van der Waals surface area contributed by atoms with E-state index in [9.17, 15) is 4.79 Å². The average Bonchev–Trinajstić information content (AvgIpc) is 2.37. The number of carbonyl (C=O) groups is 1. The van der Waals surface area contributed by atoms with Gasteiger partial charge >= 0.3 is 0 Å². The maximum Gasteiger partial charge on any atom is 0.251 e. The summed E-state index contributed by atoms with van der Waals surface area (Å²) >= 11 is 3.44. The molecule has 0 aromatic heterocycles. The largest absolute Gasteiger partial charge is 0.352 e. The van der Waals surface area contributed by atoms with Crippen LogP contribution < -0.4 is 5.32 Å². The van der Waals surface area contributed by atoms with Crippen molar-refractivity contribution in [2.75, 3.05) is 20.1 Å². The van der Waals surface area contributed by atoms with Crippen molar-refractivity contribution in [3.05, 3.63) is 33.8 Å². The monoisotopic (exact) mass is 326 g/mol. The Balaban J connectivity index is 2.42. The van der Waals surface area contributed by atoms with E-state index in [2.05, 4.69) is 47.0 Å². The van der Waals surface area contributed by atoms with Crippen molar-refractivity contribution < 1.29 is 4.79 Å². The molecule has 106 valence electrons. The first-order chi connectivity index (χ1) is 8.93. The lowest BCUT2D eigenvalue weighted by Crippen LogP contribution is -2.31. The van der Waals surface area contributed by atoms with Crippen LogP contribution in [-0.4, -0.2) is 37.0 Å². The number of hydrogen-bond donors (Lipinski definition) is 1. The van der Waals surface area contributed by atoms with Crippen LogP contribution in [0.25, 0.3) is 0 Å². The van der Waals surface area contributed by atoms with E-state index in [4.69, 9.17) is 0 Å². The van der Waals surface area contributed by atoms with Crippen molar-refractivity contribution in [1.29, 1.82) is 0 Å². The molecule has 1 N–H and O–H groups in total. The van der Waals surface area contributed by atoms with Crippen molar-refractivity contribution in [3.8, 4) is 0 Å². The van der Waals surface area contributed by atoms with Crippen LogP contribution in [-0.2, 0) is 0 Å². The van der Waals surface area contributed by atoms with Gasteiger partial charge in [0, 0.05) is 22.6 Å². The molecule has 1 aromatic carbocycles. The van der Waals surface area contributed by atoms with Gasteiger partial charge in [-0.05, 0) is 58.5 Å². The molecule has 1 rings (SSSR count). The Kier molecular flexibility index (Phi) is 6.52. The third-order valence-corrected chi connectivity index (χ3v) is 4.23. The first kappa shape index (κ1) is 16.2. The van der Waals surface area contributed by atoms with Crippen molar-refractivity contribution in [2.45, 2.75) is 33.2 Å². The molecule has 0 heterocycles. The van der Waals surface area contributed by atoms with Crippen LogP contribution in [0.3, 0.4) is 0 Å². The summed E-state index contributed by atoms with van der Waals surface area (Å²) in [6, 6.07) is 6.24. The fourth-order valence-electron chi connectivity index (χ4n) is 1.74. The molecule has 0 fully saturated rings. The molecule has 1 aromatic rings. The topological polar surface area (TPSA) is 32.3 Å². The number of amides is 1. The van der Waals surface area contributed by atoms with Crippen molar-refractivity contribution >= 4 is 21.8 Å². The highest BCUT2D eigenvalue weighted by Gasteiger charge is 2.10. The molecular formula is C15H23BrN2O. The standard InChI is InChI=1S/C15H23BrN2O/c1-11(2)18(4)10-6-9-17-15(19)13-7-5-8-14(16)12(13)3/h5,7-8,11H,6,9-10H2,1-4H3,(H,17,19). The Morgan fingerprint density at radius 1 is 1.42 bits per heavy atom. The van der Waals surface area contributed by atoms with Gasteiger partial charge in [0.25, 0.3) is 5.91 Å². The molecule has 0 saturated heterocycles. The van der Waals surface area contributed by atoms with Gasteiger partial charge in [0.1, 0.15) is 0 Å². The Hall–Kier alpha value is -0.870. The van der Waals surface area contributed by atoms with Crippen LogP contribution in [0.4, 0.5) is 0 Å². The predicted octanol–water partition coefficient (Wildman–Crippen LogP) is 3.22. The molecule has 4 heteroatoms. The second kappa shape index (κ2) is 7.65. The Morgan fingerprint density at radius 2 is 2.11 bits per heavy atom. The zero-order valence-corrected chi connectivity index (χ0v) is 13.8. The van der Waals surface area contributed by atoms with E-state index >= 15 is 0 Å². The SMILES string of the molecule is Cc1c(Br)cccc1C(=O)NCCCN(C)C(C)C. The molecule has 0 unspecified atom stereocenters. The van der Waals surface area contributed by atoms with Crippen molar-refractivity contribution in [2.24, 2.45) is 0 Å². The molecule has 1 amide bonds. The first-order valence-corrected chi connectivity index (χ1v) is 7.46. The quantitative estimate of drug-likeness (QED) is 0.814. The number of halogens is 1. The van der Waals surface area contributed by atoms with Crippen LogP contribution in [0, 0.1) is 6.92 Å². The van der Waals surface area contributed by atoms with E-state index in [1.807, 2.05) is 25.1 Å². The lowest BCUT2D eigenvalue weighted by Gasteiger charge is -2.20. The zero-order chi connectivity index (χ0) is 14.4. The Morgan fingerprint density at radius 3 is 2.74 bits per heavy atom. The van der Waals surface area contributed by atoms with Gasteiger partial charge in [-0.15, -0.1) is 0 Å². The zero-order valence-electron chi connectivity index (χ0n) is 12.2. The minimum atomic E-state index is 0.00556. The molecule has 0 spiro atoms. The highest BCUT2D eigenvalue weighted by atomic mass is 79.9. The molecule has 0 aliphatic carbocycles. The van der Waals surface area contributed by atoms with Gasteiger partial charge in [0.15, 0.2) is 0 Å². The number of nitrogens with zero attached hydrogens (tertiary/aromatic N) is 1. The van der Waals surface area contributed by atoms with Gasteiger partial charge in [-0.25, -0.2) is 0 Å². The number of carbonyl (C=O) groups excluding carboxylic acids is 1. The summed E-state index contributed by atoms with van der Waals surface area (Å²) in [7, 11) is 2.10. The maximum atomic E-state index is 12.1. The summed E-state index contributed by atoms with van der Waals surface area (Å²) < 4.78 is 0.972. The van der Waals surface area contributed by atoms with E-state index in [0.29, 0.717) is 12.6 Å². The van der Waals surface area contributed by atoms with Gasteiger partial charge in [-0.1, -0.05) is 22.0 Å². The molecule has 3 nitrogen and oxygen atoms in total. The van der Waals surface area contributed by atoms with Gasteiger partial charge in [0.2, 0.25) is 0 Å². The van der Waals surface area contributed by atoms with E-state index < -0.39 is 0 Å². The summed E-state index contributed by atoms with van der Waals surface area (Å²) in [5, 5.41) is 2.97. The average molecular weight is 327 g/mol. The van der Waals surface area contributed by atoms with E-state index in [-0.39, 0.29) is 5.91 Å². The first-order valence-electron chi connectivity index (χ1n) is 6.67. The molecule has 19 heavy (non-hydrogen) atoms. The summed E-state index contributed by atoms with van der Waals surface area (Å²) in [5.41, 5.74) is 1.73. The molecule has 0 bridgehead atoms. The lowest BCUT2D eigenvalue weighted by atomic mass is 10.1. The van der Waals surface area contributed by atoms with Gasteiger partial charge in [-0.3, -0.25) is 4.79 Å². The molecule has 0 aliphatic rings. The maximum absolute atomic E-state index is 12.1. The number of rotatable bonds is 6. The smallest absolute Gasteiger partial charge is 0.251 e. The minimum Gasteiger partial charge on any atom is -0.352 e. The molecule has 0 saturated carbocycles. The molecule has 0 radical (unpaired) electrons. The fourth-order valence-corrected chi connectivity index (χ4v) is 2.10. The Bertz CT molecular complexity index is 432. The Labute approximate surface area is 124 Å². The molecule has 0 aliphatic heterocycles. The summed E-state index contributed by atoms with van der Waals surface area (Å²) in [5.74, 6) is 0.00556. The summed E-state index contributed by atoms with van der Waals surface area (Å²) in [6.45, 7) is 8.00. The second-order valence-electron chi connectivity index (χ2n) is 5.10.